The average molecular weight is 264 g/mol. The Bertz CT molecular complexity index is 406. The van der Waals surface area contributed by atoms with Gasteiger partial charge in [-0.25, -0.2) is 0 Å². The highest BCUT2D eigenvalue weighted by atomic mass is 16.5. The van der Waals surface area contributed by atoms with Crippen molar-refractivity contribution < 1.29 is 14.3 Å². The number of rotatable bonds is 6. The monoisotopic (exact) mass is 264 g/mol. The van der Waals surface area contributed by atoms with E-state index in [-0.39, 0.29) is 6.04 Å². The third-order valence-electron chi connectivity index (χ3n) is 2.54. The molecule has 0 aliphatic heterocycles. The number of amides is 2. The van der Waals surface area contributed by atoms with Gasteiger partial charge < -0.3 is 15.4 Å². The molecule has 0 aliphatic rings. The van der Waals surface area contributed by atoms with Crippen molar-refractivity contribution in [3.05, 3.63) is 35.9 Å². The van der Waals surface area contributed by atoms with Crippen LogP contribution in [0.25, 0.3) is 0 Å². The first kappa shape index (κ1) is 15.2. The molecule has 0 radical (unpaired) electrons. The van der Waals surface area contributed by atoms with Gasteiger partial charge in [0.2, 0.25) is 0 Å². The fourth-order valence-corrected chi connectivity index (χ4v) is 1.63. The third-order valence-corrected chi connectivity index (χ3v) is 2.54. The molecule has 5 nitrogen and oxygen atoms in total. The smallest absolute Gasteiger partial charge is 0.309 e. The summed E-state index contributed by atoms with van der Waals surface area (Å²) in [7, 11) is 1.54. The summed E-state index contributed by atoms with van der Waals surface area (Å²) in [5.41, 5.74) is 1.12. The van der Waals surface area contributed by atoms with E-state index in [9.17, 15) is 9.59 Å². The van der Waals surface area contributed by atoms with Gasteiger partial charge in [0.25, 0.3) is 0 Å². The molecular formula is C14H20N2O3. The first-order valence-corrected chi connectivity index (χ1v) is 6.25. The van der Waals surface area contributed by atoms with Crippen LogP contribution in [0.1, 0.15) is 12.5 Å². The van der Waals surface area contributed by atoms with Crippen LogP contribution < -0.4 is 10.6 Å². The third kappa shape index (κ3) is 6.01. The zero-order valence-electron chi connectivity index (χ0n) is 11.3. The Morgan fingerprint density at radius 1 is 1.21 bits per heavy atom. The number of ether oxygens (including phenoxy) is 1. The van der Waals surface area contributed by atoms with Crippen molar-refractivity contribution in [3.63, 3.8) is 0 Å². The lowest BCUT2D eigenvalue weighted by atomic mass is 10.1. The molecule has 1 aromatic rings. The largest absolute Gasteiger partial charge is 0.383 e. The molecule has 104 valence electrons. The molecule has 0 heterocycles. The van der Waals surface area contributed by atoms with Crippen LogP contribution in [0.3, 0.4) is 0 Å². The molecule has 1 rings (SSSR count). The molecule has 2 amide bonds. The highest BCUT2D eigenvalue weighted by Crippen LogP contribution is 1.97. The molecule has 1 atom stereocenters. The molecule has 1 unspecified atom stereocenters. The number of benzene rings is 1. The second kappa shape index (κ2) is 8.26. The van der Waals surface area contributed by atoms with Crippen LogP contribution in [0, 0.1) is 0 Å². The molecule has 0 aromatic heterocycles. The maximum Gasteiger partial charge on any atom is 0.309 e. The summed E-state index contributed by atoms with van der Waals surface area (Å²) in [5.74, 6) is -1.24. The van der Waals surface area contributed by atoms with Crippen LogP contribution >= 0.6 is 0 Å². The van der Waals surface area contributed by atoms with E-state index in [0.717, 1.165) is 5.56 Å². The van der Waals surface area contributed by atoms with Crippen LogP contribution in [0.5, 0.6) is 0 Å². The second-order valence-corrected chi connectivity index (χ2v) is 4.32. The Hall–Kier alpha value is -1.88. The zero-order chi connectivity index (χ0) is 14.1. The minimum atomic E-state index is -0.627. The Morgan fingerprint density at radius 3 is 2.53 bits per heavy atom. The Balaban J connectivity index is 2.25. The van der Waals surface area contributed by atoms with Crippen LogP contribution in [0.15, 0.2) is 30.3 Å². The van der Waals surface area contributed by atoms with E-state index in [1.807, 2.05) is 30.3 Å². The number of hydrogen-bond acceptors (Lipinski definition) is 3. The summed E-state index contributed by atoms with van der Waals surface area (Å²) in [6.45, 7) is 2.59. The van der Waals surface area contributed by atoms with Gasteiger partial charge in [0.1, 0.15) is 0 Å². The standard InChI is InChI=1S/C14H20N2O3/c1-11(10-19-2)16-14(18)13(17)15-9-8-12-6-4-3-5-7-12/h3-7,11H,8-10H2,1-2H3,(H,15,17)(H,16,18). The van der Waals surface area contributed by atoms with E-state index in [1.165, 1.54) is 0 Å². The summed E-state index contributed by atoms with van der Waals surface area (Å²) in [5, 5.41) is 5.14. The zero-order valence-corrected chi connectivity index (χ0v) is 11.3. The van der Waals surface area contributed by atoms with E-state index in [2.05, 4.69) is 10.6 Å². The Kier molecular flexibility index (Phi) is 6.60. The summed E-state index contributed by atoms with van der Waals surface area (Å²) in [4.78, 5) is 23.0. The molecule has 0 bridgehead atoms. The van der Waals surface area contributed by atoms with Gasteiger partial charge >= 0.3 is 11.8 Å². The first-order chi connectivity index (χ1) is 9.13. The lowest BCUT2D eigenvalue weighted by molar-refractivity contribution is -0.139. The summed E-state index contributed by atoms with van der Waals surface area (Å²) in [6.07, 6.45) is 0.702. The molecular weight excluding hydrogens is 244 g/mol. The van der Waals surface area contributed by atoms with Crippen molar-refractivity contribution in [1.82, 2.24) is 10.6 Å². The second-order valence-electron chi connectivity index (χ2n) is 4.32. The molecule has 0 spiro atoms. The normalized spacial score (nSPS) is 11.7. The van der Waals surface area contributed by atoms with Crippen LogP contribution in [0.4, 0.5) is 0 Å². The predicted octanol–water partition coefficient (Wildman–Crippen LogP) is 0.496. The van der Waals surface area contributed by atoms with E-state index < -0.39 is 11.8 Å². The van der Waals surface area contributed by atoms with Crippen molar-refractivity contribution in [2.75, 3.05) is 20.3 Å². The Labute approximate surface area is 113 Å². The quantitative estimate of drug-likeness (QED) is 0.735. The molecule has 1 aromatic carbocycles. The predicted molar refractivity (Wildman–Crippen MR) is 72.6 cm³/mol. The van der Waals surface area contributed by atoms with Crippen LogP contribution in [-0.2, 0) is 20.7 Å². The average Bonchev–Trinajstić information content (AvgIpc) is 2.40. The van der Waals surface area contributed by atoms with Gasteiger partial charge in [0, 0.05) is 19.7 Å². The molecule has 0 saturated heterocycles. The molecule has 19 heavy (non-hydrogen) atoms. The van der Waals surface area contributed by atoms with E-state index in [0.29, 0.717) is 19.6 Å². The van der Waals surface area contributed by atoms with Gasteiger partial charge in [-0.05, 0) is 18.9 Å². The number of hydrogen-bond donors (Lipinski definition) is 2. The SMILES string of the molecule is COCC(C)NC(=O)C(=O)NCCc1ccccc1. The van der Waals surface area contributed by atoms with Gasteiger partial charge in [-0.2, -0.15) is 0 Å². The van der Waals surface area contributed by atoms with Crippen molar-refractivity contribution >= 4 is 11.8 Å². The highest BCUT2D eigenvalue weighted by molar-refractivity contribution is 6.35. The topological polar surface area (TPSA) is 67.4 Å². The van der Waals surface area contributed by atoms with Gasteiger partial charge in [0.05, 0.1) is 6.61 Å². The van der Waals surface area contributed by atoms with Crippen molar-refractivity contribution in [1.29, 1.82) is 0 Å². The summed E-state index contributed by atoms with van der Waals surface area (Å²) in [6, 6.07) is 9.59. The van der Waals surface area contributed by atoms with Crippen LogP contribution in [-0.4, -0.2) is 38.1 Å². The summed E-state index contributed by atoms with van der Waals surface area (Å²) < 4.78 is 4.88. The van der Waals surface area contributed by atoms with E-state index in [1.54, 1.807) is 14.0 Å². The fourth-order valence-electron chi connectivity index (χ4n) is 1.63. The Morgan fingerprint density at radius 2 is 1.89 bits per heavy atom. The van der Waals surface area contributed by atoms with Crippen molar-refractivity contribution in [2.24, 2.45) is 0 Å². The van der Waals surface area contributed by atoms with Gasteiger partial charge in [-0.15, -0.1) is 0 Å². The van der Waals surface area contributed by atoms with Crippen molar-refractivity contribution in [2.45, 2.75) is 19.4 Å². The van der Waals surface area contributed by atoms with Crippen molar-refractivity contribution in [3.8, 4) is 0 Å². The molecule has 0 saturated carbocycles. The molecule has 2 N–H and O–H groups in total. The molecule has 0 aliphatic carbocycles. The van der Waals surface area contributed by atoms with E-state index in [4.69, 9.17) is 4.74 Å². The van der Waals surface area contributed by atoms with Gasteiger partial charge in [-0.1, -0.05) is 30.3 Å². The van der Waals surface area contributed by atoms with Crippen LogP contribution in [0.2, 0.25) is 0 Å². The maximum atomic E-state index is 11.5. The van der Waals surface area contributed by atoms with E-state index >= 15 is 0 Å². The fraction of sp³-hybridized carbons (Fsp3) is 0.429. The molecule has 5 heteroatoms. The highest BCUT2D eigenvalue weighted by Gasteiger charge is 2.15. The number of carbonyl (C=O) groups excluding carboxylic acids is 2. The number of methoxy groups -OCH3 is 1. The summed E-state index contributed by atoms with van der Waals surface area (Å²) >= 11 is 0. The number of nitrogens with one attached hydrogen (secondary N) is 2. The first-order valence-electron chi connectivity index (χ1n) is 6.25. The molecule has 0 fully saturated rings. The minimum absolute atomic E-state index is 0.183. The van der Waals surface area contributed by atoms with Gasteiger partial charge in [0.15, 0.2) is 0 Å². The number of carbonyl (C=O) groups is 2. The lowest BCUT2D eigenvalue weighted by Crippen LogP contribution is -2.45. The maximum absolute atomic E-state index is 11.5. The minimum Gasteiger partial charge on any atom is -0.383 e. The van der Waals surface area contributed by atoms with Gasteiger partial charge in [-0.3, -0.25) is 9.59 Å². The lowest BCUT2D eigenvalue weighted by Gasteiger charge is -2.12.